The molecular weight excluding hydrogens is 224 g/mol. The predicted octanol–water partition coefficient (Wildman–Crippen LogP) is 1.59. The number of terminal acetylenes is 1. The van der Waals surface area contributed by atoms with Crippen LogP contribution in [-0.2, 0) is 4.74 Å². The molecule has 0 aromatic rings. The van der Waals surface area contributed by atoms with E-state index in [2.05, 4.69) is 30.0 Å². The number of methoxy groups -OCH3 is 1. The lowest BCUT2D eigenvalue weighted by Crippen LogP contribution is -2.46. The summed E-state index contributed by atoms with van der Waals surface area (Å²) in [6, 6.07) is 0.394. The summed E-state index contributed by atoms with van der Waals surface area (Å²) in [5.74, 6) is 4.32. The Hall–Kier alpha value is -0.560. The first-order valence-electron chi connectivity index (χ1n) is 7.04. The fourth-order valence-electron chi connectivity index (χ4n) is 2.12. The van der Waals surface area contributed by atoms with E-state index in [1.807, 2.05) is 0 Å². The highest BCUT2D eigenvalue weighted by Crippen LogP contribution is 2.30. The maximum atomic E-state index is 5.48. The maximum absolute atomic E-state index is 5.48. The van der Waals surface area contributed by atoms with Crippen molar-refractivity contribution in [3.05, 3.63) is 0 Å². The smallest absolute Gasteiger partial charge is 0.0630 e. The van der Waals surface area contributed by atoms with Gasteiger partial charge >= 0.3 is 0 Å². The van der Waals surface area contributed by atoms with Crippen LogP contribution in [0.5, 0.6) is 0 Å². The fraction of sp³-hybridized carbons (Fsp3) is 0.867. The van der Waals surface area contributed by atoms with E-state index in [9.17, 15) is 0 Å². The van der Waals surface area contributed by atoms with Gasteiger partial charge in [0, 0.05) is 26.2 Å². The van der Waals surface area contributed by atoms with Crippen molar-refractivity contribution in [3.63, 3.8) is 0 Å². The maximum Gasteiger partial charge on any atom is 0.0630 e. The molecule has 0 amide bonds. The summed E-state index contributed by atoms with van der Waals surface area (Å²) in [6.45, 7) is 9.06. The minimum absolute atomic E-state index is 0.394. The normalized spacial score (nSPS) is 17.1. The summed E-state index contributed by atoms with van der Waals surface area (Å²) in [5, 5.41) is 3.51. The van der Waals surface area contributed by atoms with E-state index in [-0.39, 0.29) is 0 Å². The molecule has 0 spiro atoms. The molecular formula is C15H28N2O. The van der Waals surface area contributed by atoms with Crippen molar-refractivity contribution in [2.75, 3.05) is 39.9 Å². The summed E-state index contributed by atoms with van der Waals surface area (Å²) in [5.41, 5.74) is 0. The lowest BCUT2D eigenvalue weighted by atomic mass is 10.2. The molecule has 1 N–H and O–H groups in total. The van der Waals surface area contributed by atoms with Crippen molar-refractivity contribution >= 4 is 0 Å². The van der Waals surface area contributed by atoms with E-state index < -0.39 is 0 Å². The Morgan fingerprint density at radius 1 is 1.39 bits per heavy atom. The Kier molecular flexibility index (Phi) is 7.34. The molecule has 1 aliphatic carbocycles. The van der Waals surface area contributed by atoms with Crippen molar-refractivity contribution in [2.45, 2.75) is 32.7 Å². The number of ether oxygens (including phenoxy) is 1. The second-order valence-electron chi connectivity index (χ2n) is 5.74. The largest absolute Gasteiger partial charge is 0.383 e. The van der Waals surface area contributed by atoms with Crippen LogP contribution in [0.3, 0.4) is 0 Å². The molecule has 1 rings (SSSR count). The van der Waals surface area contributed by atoms with Gasteiger partial charge in [0.15, 0.2) is 0 Å². The molecule has 0 bridgehead atoms. The van der Waals surface area contributed by atoms with E-state index in [0.29, 0.717) is 12.0 Å². The third-order valence-electron chi connectivity index (χ3n) is 3.29. The number of nitrogens with zero attached hydrogens (tertiary/aromatic N) is 1. The minimum atomic E-state index is 0.394. The average molecular weight is 252 g/mol. The van der Waals surface area contributed by atoms with Crippen molar-refractivity contribution in [1.29, 1.82) is 0 Å². The molecule has 1 fully saturated rings. The van der Waals surface area contributed by atoms with Gasteiger partial charge in [-0.25, -0.2) is 0 Å². The molecule has 0 heterocycles. The van der Waals surface area contributed by atoms with Crippen molar-refractivity contribution in [3.8, 4) is 12.3 Å². The molecule has 0 saturated heterocycles. The van der Waals surface area contributed by atoms with Gasteiger partial charge in [-0.05, 0) is 31.2 Å². The van der Waals surface area contributed by atoms with Crippen LogP contribution >= 0.6 is 0 Å². The molecule has 0 aromatic heterocycles. The molecule has 1 atom stereocenters. The van der Waals surface area contributed by atoms with Gasteiger partial charge in [-0.1, -0.05) is 19.8 Å². The standard InChI is InChI=1S/C15H28N2O/c1-5-8-17(11-14-6-7-14)15(12-18-4)10-16-9-13(2)3/h1,13-16H,6-12H2,2-4H3. The van der Waals surface area contributed by atoms with Crippen LogP contribution in [0.1, 0.15) is 26.7 Å². The van der Waals surface area contributed by atoms with Crippen molar-refractivity contribution in [1.82, 2.24) is 10.2 Å². The van der Waals surface area contributed by atoms with E-state index in [0.717, 1.165) is 38.7 Å². The van der Waals surface area contributed by atoms with Gasteiger partial charge in [-0.2, -0.15) is 0 Å². The summed E-state index contributed by atoms with van der Waals surface area (Å²) in [6.07, 6.45) is 8.21. The molecule has 3 heteroatoms. The first-order valence-corrected chi connectivity index (χ1v) is 7.04. The lowest BCUT2D eigenvalue weighted by Gasteiger charge is -2.30. The lowest BCUT2D eigenvalue weighted by molar-refractivity contribution is 0.0942. The van der Waals surface area contributed by atoms with Crippen LogP contribution < -0.4 is 5.32 Å². The molecule has 104 valence electrons. The van der Waals surface area contributed by atoms with Crippen molar-refractivity contribution < 1.29 is 4.74 Å². The summed E-state index contributed by atoms with van der Waals surface area (Å²) in [4.78, 5) is 2.40. The van der Waals surface area contributed by atoms with E-state index in [4.69, 9.17) is 11.2 Å². The van der Waals surface area contributed by atoms with Gasteiger partial charge in [0.1, 0.15) is 0 Å². The highest BCUT2D eigenvalue weighted by atomic mass is 16.5. The molecule has 0 radical (unpaired) electrons. The zero-order valence-corrected chi connectivity index (χ0v) is 12.1. The predicted molar refractivity (Wildman–Crippen MR) is 76.5 cm³/mol. The van der Waals surface area contributed by atoms with Crippen LogP contribution in [0.4, 0.5) is 0 Å². The molecule has 1 aliphatic rings. The van der Waals surface area contributed by atoms with Crippen LogP contribution in [0, 0.1) is 24.2 Å². The highest BCUT2D eigenvalue weighted by Gasteiger charge is 2.27. The Morgan fingerprint density at radius 3 is 2.61 bits per heavy atom. The second kappa shape index (κ2) is 8.53. The van der Waals surface area contributed by atoms with Gasteiger partial charge in [0.05, 0.1) is 13.2 Å². The summed E-state index contributed by atoms with van der Waals surface area (Å²) < 4.78 is 5.34. The Morgan fingerprint density at radius 2 is 2.11 bits per heavy atom. The minimum Gasteiger partial charge on any atom is -0.383 e. The monoisotopic (exact) mass is 252 g/mol. The average Bonchev–Trinajstić information content (AvgIpc) is 3.11. The first kappa shape index (κ1) is 15.5. The number of rotatable bonds is 10. The van der Waals surface area contributed by atoms with Gasteiger partial charge in [-0.3, -0.25) is 4.90 Å². The molecule has 1 unspecified atom stereocenters. The van der Waals surface area contributed by atoms with Crippen LogP contribution in [0.25, 0.3) is 0 Å². The number of nitrogens with one attached hydrogen (secondary N) is 1. The number of hydrogen-bond acceptors (Lipinski definition) is 3. The Labute approximate surface area is 112 Å². The van der Waals surface area contributed by atoms with Gasteiger partial charge in [0.2, 0.25) is 0 Å². The number of hydrogen-bond donors (Lipinski definition) is 1. The second-order valence-corrected chi connectivity index (χ2v) is 5.74. The van der Waals surface area contributed by atoms with Crippen LogP contribution in [-0.4, -0.2) is 50.8 Å². The Bertz CT molecular complexity index is 256. The molecule has 0 aromatic carbocycles. The zero-order chi connectivity index (χ0) is 13.4. The van der Waals surface area contributed by atoms with Gasteiger partial charge < -0.3 is 10.1 Å². The summed E-state index contributed by atoms with van der Waals surface area (Å²) in [7, 11) is 1.76. The van der Waals surface area contributed by atoms with Crippen LogP contribution in [0.2, 0.25) is 0 Å². The highest BCUT2D eigenvalue weighted by molar-refractivity contribution is 4.93. The molecule has 0 aliphatic heterocycles. The first-order chi connectivity index (χ1) is 8.67. The third-order valence-corrected chi connectivity index (χ3v) is 3.29. The van der Waals surface area contributed by atoms with E-state index in [1.54, 1.807) is 7.11 Å². The van der Waals surface area contributed by atoms with Gasteiger partial charge in [0.25, 0.3) is 0 Å². The van der Waals surface area contributed by atoms with Gasteiger partial charge in [-0.15, -0.1) is 6.42 Å². The molecule has 18 heavy (non-hydrogen) atoms. The van der Waals surface area contributed by atoms with Crippen molar-refractivity contribution in [2.24, 2.45) is 11.8 Å². The Balaban J connectivity index is 2.40. The SMILES string of the molecule is C#CCN(CC1CC1)C(CNCC(C)C)COC. The van der Waals surface area contributed by atoms with Crippen LogP contribution in [0.15, 0.2) is 0 Å². The molecule has 3 nitrogen and oxygen atoms in total. The zero-order valence-electron chi connectivity index (χ0n) is 12.1. The topological polar surface area (TPSA) is 24.5 Å². The third kappa shape index (κ3) is 6.39. The quantitative estimate of drug-likeness (QED) is 0.598. The van der Waals surface area contributed by atoms with E-state index in [1.165, 1.54) is 12.8 Å². The van der Waals surface area contributed by atoms with E-state index >= 15 is 0 Å². The summed E-state index contributed by atoms with van der Waals surface area (Å²) >= 11 is 0. The fourth-order valence-corrected chi connectivity index (χ4v) is 2.12. The molecule has 1 saturated carbocycles.